The molecule has 9 nitrogen and oxygen atoms in total. The average molecular weight is 339 g/mol. The number of hydrogen-bond acceptors (Lipinski definition) is 7. The molecule has 0 unspecified atom stereocenters. The van der Waals surface area contributed by atoms with Crippen LogP contribution in [0.4, 0.5) is 5.69 Å². The second-order valence-electron chi connectivity index (χ2n) is 5.09. The van der Waals surface area contributed by atoms with Gasteiger partial charge >= 0.3 is 5.97 Å². The largest absolute Gasteiger partial charge is 0.459 e. The molecule has 9 heteroatoms. The molecular formula is C16H13N5O4. The zero-order valence-corrected chi connectivity index (χ0v) is 13.0. The molecule has 0 N–H and O–H groups in total. The molecule has 2 aromatic carbocycles. The molecule has 0 saturated carbocycles. The van der Waals surface area contributed by atoms with Gasteiger partial charge in [-0.25, -0.2) is 4.79 Å². The van der Waals surface area contributed by atoms with Crippen molar-refractivity contribution in [2.45, 2.75) is 13.2 Å². The first kappa shape index (κ1) is 16.2. The first-order valence-electron chi connectivity index (χ1n) is 7.34. The van der Waals surface area contributed by atoms with Crippen molar-refractivity contribution >= 4 is 11.7 Å². The molecular weight excluding hydrogens is 326 g/mol. The monoisotopic (exact) mass is 339 g/mol. The van der Waals surface area contributed by atoms with Gasteiger partial charge in [0.25, 0.3) is 5.69 Å². The van der Waals surface area contributed by atoms with Crippen molar-refractivity contribution in [3.8, 4) is 11.4 Å². The molecule has 0 saturated heterocycles. The number of esters is 1. The summed E-state index contributed by atoms with van der Waals surface area (Å²) in [6, 6.07) is 15.1. The average Bonchev–Trinajstić information content (AvgIpc) is 3.09. The predicted octanol–water partition coefficient (Wildman–Crippen LogP) is 1.99. The van der Waals surface area contributed by atoms with Gasteiger partial charge in [0, 0.05) is 17.7 Å². The van der Waals surface area contributed by atoms with Gasteiger partial charge in [-0.05, 0) is 22.9 Å². The molecule has 1 heterocycles. The number of aromatic nitrogens is 4. The van der Waals surface area contributed by atoms with E-state index >= 15 is 0 Å². The van der Waals surface area contributed by atoms with Crippen LogP contribution < -0.4 is 0 Å². The van der Waals surface area contributed by atoms with Crippen molar-refractivity contribution < 1.29 is 14.5 Å². The van der Waals surface area contributed by atoms with Crippen molar-refractivity contribution in [3.05, 3.63) is 70.3 Å². The topological polar surface area (TPSA) is 113 Å². The Balaban J connectivity index is 1.54. The van der Waals surface area contributed by atoms with Crippen LogP contribution in [0.3, 0.4) is 0 Å². The summed E-state index contributed by atoms with van der Waals surface area (Å²) in [6.45, 7) is -0.163. The predicted molar refractivity (Wildman–Crippen MR) is 86.1 cm³/mol. The summed E-state index contributed by atoms with van der Waals surface area (Å²) in [5.41, 5.74) is 1.43. The highest BCUT2D eigenvalue weighted by atomic mass is 16.6. The van der Waals surface area contributed by atoms with Crippen LogP contribution in [0.5, 0.6) is 0 Å². The minimum Gasteiger partial charge on any atom is -0.459 e. The minimum absolute atomic E-state index is 0.0110. The lowest BCUT2D eigenvalue weighted by molar-refractivity contribution is -0.384. The van der Waals surface area contributed by atoms with Crippen LogP contribution in [-0.4, -0.2) is 31.1 Å². The third-order valence-electron chi connectivity index (χ3n) is 3.30. The molecule has 0 fully saturated rings. The van der Waals surface area contributed by atoms with Gasteiger partial charge in [0.15, 0.2) is 6.54 Å². The Labute approximate surface area is 142 Å². The summed E-state index contributed by atoms with van der Waals surface area (Å²) in [7, 11) is 0. The van der Waals surface area contributed by atoms with Crippen molar-refractivity contribution in [1.82, 2.24) is 20.2 Å². The molecule has 0 aliphatic heterocycles. The number of nitrogens with zero attached hydrogens (tertiary/aromatic N) is 5. The molecule has 126 valence electrons. The summed E-state index contributed by atoms with van der Waals surface area (Å²) < 4.78 is 5.11. The fourth-order valence-corrected chi connectivity index (χ4v) is 2.05. The van der Waals surface area contributed by atoms with Crippen molar-refractivity contribution in [2.24, 2.45) is 0 Å². The molecule has 0 aliphatic carbocycles. The lowest BCUT2D eigenvalue weighted by Gasteiger charge is -2.04. The highest BCUT2D eigenvalue weighted by molar-refractivity contribution is 5.69. The zero-order valence-electron chi connectivity index (χ0n) is 13.0. The molecule has 0 bridgehead atoms. The van der Waals surface area contributed by atoms with E-state index in [1.165, 1.54) is 24.3 Å². The van der Waals surface area contributed by atoms with Gasteiger partial charge in [-0.15, -0.1) is 10.2 Å². The van der Waals surface area contributed by atoms with E-state index in [2.05, 4.69) is 15.4 Å². The van der Waals surface area contributed by atoms with Gasteiger partial charge in [-0.1, -0.05) is 30.3 Å². The number of tetrazole rings is 1. The molecule has 1 aromatic heterocycles. The number of nitro groups is 1. The fourth-order valence-electron chi connectivity index (χ4n) is 2.05. The quantitative estimate of drug-likeness (QED) is 0.383. The Kier molecular flexibility index (Phi) is 4.74. The van der Waals surface area contributed by atoms with Crippen LogP contribution in [-0.2, 0) is 22.7 Å². The van der Waals surface area contributed by atoms with E-state index in [0.29, 0.717) is 11.4 Å². The third kappa shape index (κ3) is 4.22. The first-order valence-corrected chi connectivity index (χ1v) is 7.34. The Hall–Kier alpha value is -3.62. The third-order valence-corrected chi connectivity index (χ3v) is 3.30. The smallest absolute Gasteiger partial charge is 0.330 e. The van der Waals surface area contributed by atoms with Gasteiger partial charge in [-0.3, -0.25) is 10.1 Å². The molecule has 0 spiro atoms. The molecule has 0 amide bonds. The van der Waals surface area contributed by atoms with Gasteiger partial charge in [-0.2, -0.15) is 4.80 Å². The second-order valence-corrected chi connectivity index (χ2v) is 5.09. The molecule has 3 aromatic rings. The Bertz CT molecular complexity index is 877. The van der Waals surface area contributed by atoms with Gasteiger partial charge < -0.3 is 4.74 Å². The van der Waals surface area contributed by atoms with Gasteiger partial charge in [0.2, 0.25) is 5.82 Å². The van der Waals surface area contributed by atoms with E-state index in [-0.39, 0.29) is 18.8 Å². The van der Waals surface area contributed by atoms with Gasteiger partial charge in [0.1, 0.15) is 6.61 Å². The second kappa shape index (κ2) is 7.30. The molecule has 3 rings (SSSR count). The van der Waals surface area contributed by atoms with E-state index in [9.17, 15) is 14.9 Å². The molecule has 0 aliphatic rings. The van der Waals surface area contributed by atoms with Crippen molar-refractivity contribution in [2.75, 3.05) is 0 Å². The summed E-state index contributed by atoms with van der Waals surface area (Å²) in [4.78, 5) is 23.1. The standard InChI is InChI=1S/C16H13N5O4/c22-15(25-11-12-6-8-14(9-7-12)21(23)24)10-20-18-16(17-19-20)13-4-2-1-3-5-13/h1-9H,10-11H2. The number of rotatable bonds is 6. The van der Waals surface area contributed by atoms with E-state index < -0.39 is 10.9 Å². The number of ether oxygens (including phenoxy) is 1. The number of non-ortho nitro benzene ring substituents is 1. The zero-order chi connectivity index (χ0) is 17.6. The number of carbonyl (C=O) groups excluding carboxylic acids is 1. The lowest BCUT2D eigenvalue weighted by atomic mass is 10.2. The maximum atomic E-state index is 11.8. The van der Waals surface area contributed by atoms with Crippen LogP contribution in [0.2, 0.25) is 0 Å². The molecule has 25 heavy (non-hydrogen) atoms. The molecule has 0 radical (unpaired) electrons. The highest BCUT2D eigenvalue weighted by Crippen LogP contribution is 2.13. The molecule has 0 atom stereocenters. The fraction of sp³-hybridized carbons (Fsp3) is 0.125. The van der Waals surface area contributed by atoms with E-state index in [1.54, 1.807) is 0 Å². The first-order chi connectivity index (χ1) is 12.1. The lowest BCUT2D eigenvalue weighted by Crippen LogP contribution is -2.15. The maximum absolute atomic E-state index is 11.8. The van der Waals surface area contributed by atoms with Crippen LogP contribution in [0.1, 0.15) is 5.56 Å². The Morgan fingerprint density at radius 2 is 1.84 bits per heavy atom. The van der Waals surface area contributed by atoms with Crippen LogP contribution in [0.15, 0.2) is 54.6 Å². The summed E-state index contributed by atoms with van der Waals surface area (Å²) in [5, 5.41) is 22.4. The van der Waals surface area contributed by atoms with Crippen LogP contribution in [0.25, 0.3) is 11.4 Å². The number of hydrogen-bond donors (Lipinski definition) is 0. The van der Waals surface area contributed by atoms with E-state index in [4.69, 9.17) is 4.74 Å². The van der Waals surface area contributed by atoms with Crippen molar-refractivity contribution in [3.63, 3.8) is 0 Å². The van der Waals surface area contributed by atoms with Gasteiger partial charge in [0.05, 0.1) is 4.92 Å². The maximum Gasteiger partial charge on any atom is 0.330 e. The van der Waals surface area contributed by atoms with Crippen LogP contribution in [0, 0.1) is 10.1 Å². The highest BCUT2D eigenvalue weighted by Gasteiger charge is 2.11. The van der Waals surface area contributed by atoms with Crippen molar-refractivity contribution in [1.29, 1.82) is 0 Å². The Morgan fingerprint density at radius 3 is 2.52 bits per heavy atom. The number of benzene rings is 2. The number of carbonyl (C=O) groups is 1. The normalized spacial score (nSPS) is 10.4. The van der Waals surface area contributed by atoms with Crippen LogP contribution >= 0.6 is 0 Å². The SMILES string of the molecule is O=C(Cn1nnc(-c2ccccc2)n1)OCc1ccc([N+](=O)[O-])cc1. The number of nitro benzene ring substituents is 1. The summed E-state index contributed by atoms with van der Waals surface area (Å²) in [5.74, 6) is -0.112. The summed E-state index contributed by atoms with van der Waals surface area (Å²) >= 11 is 0. The van der Waals surface area contributed by atoms with E-state index in [0.717, 1.165) is 10.4 Å². The summed E-state index contributed by atoms with van der Waals surface area (Å²) in [6.07, 6.45) is 0. The minimum atomic E-state index is -0.532. The van der Waals surface area contributed by atoms with E-state index in [1.807, 2.05) is 30.3 Å². The Morgan fingerprint density at radius 1 is 1.12 bits per heavy atom.